The lowest BCUT2D eigenvalue weighted by Gasteiger charge is -2.08. The zero-order valence-corrected chi connectivity index (χ0v) is 12.9. The molecule has 0 atom stereocenters. The minimum atomic E-state index is -5.29. The number of benzene rings is 1. The summed E-state index contributed by atoms with van der Waals surface area (Å²) in [5.74, 6) is -3.46. The molecule has 2 aromatic heterocycles. The van der Waals surface area contributed by atoms with Gasteiger partial charge in [-0.1, -0.05) is 18.2 Å². The molecule has 0 radical (unpaired) electrons. The van der Waals surface area contributed by atoms with E-state index in [1.54, 1.807) is 11.4 Å². The number of hydrogen-bond donors (Lipinski definition) is 1. The van der Waals surface area contributed by atoms with Gasteiger partial charge >= 0.3 is 11.8 Å². The van der Waals surface area contributed by atoms with Crippen LogP contribution in [0.25, 0.3) is 27.1 Å². The van der Waals surface area contributed by atoms with E-state index >= 15 is 0 Å². The van der Waals surface area contributed by atoms with Gasteiger partial charge in [0.05, 0.1) is 10.1 Å². The van der Waals surface area contributed by atoms with Gasteiger partial charge in [0, 0.05) is 5.39 Å². The monoisotopic (exact) mass is 354 g/mol. The molecule has 0 aliphatic heterocycles. The third kappa shape index (κ3) is 2.39. The van der Waals surface area contributed by atoms with Crippen LogP contribution in [0.4, 0.5) is 13.2 Å². The van der Waals surface area contributed by atoms with Crippen LogP contribution in [0.3, 0.4) is 0 Å². The SMILES string of the molecule is C/C=C\c1csc2c1ccc1c(O)c(C(=O)C(F)(F)F)c(=O)oc12. The summed E-state index contributed by atoms with van der Waals surface area (Å²) in [5.41, 5.74) is -2.12. The van der Waals surface area contributed by atoms with E-state index in [4.69, 9.17) is 4.42 Å². The van der Waals surface area contributed by atoms with Gasteiger partial charge in [-0.2, -0.15) is 13.2 Å². The van der Waals surface area contributed by atoms with Crippen LogP contribution >= 0.6 is 11.3 Å². The van der Waals surface area contributed by atoms with Gasteiger partial charge in [-0.15, -0.1) is 11.3 Å². The fraction of sp³-hybridized carbons (Fsp3) is 0.125. The van der Waals surface area contributed by atoms with Gasteiger partial charge in [0.25, 0.3) is 5.78 Å². The molecule has 0 spiro atoms. The molecule has 0 saturated heterocycles. The van der Waals surface area contributed by atoms with Crippen LogP contribution in [0.1, 0.15) is 22.8 Å². The van der Waals surface area contributed by atoms with Gasteiger partial charge in [-0.3, -0.25) is 4.79 Å². The third-order valence-corrected chi connectivity index (χ3v) is 4.46. The zero-order chi connectivity index (χ0) is 17.6. The molecule has 0 aliphatic rings. The normalized spacial score (nSPS) is 12.5. The Labute approximate surface area is 136 Å². The second-order valence-corrected chi connectivity index (χ2v) is 5.83. The number of halogens is 3. The molecule has 0 unspecified atom stereocenters. The average molecular weight is 354 g/mol. The van der Waals surface area contributed by atoms with Gasteiger partial charge < -0.3 is 9.52 Å². The van der Waals surface area contributed by atoms with E-state index in [0.717, 1.165) is 10.9 Å². The molecule has 124 valence electrons. The van der Waals surface area contributed by atoms with Gasteiger partial charge in [0.2, 0.25) is 0 Å². The van der Waals surface area contributed by atoms with Crippen LogP contribution < -0.4 is 5.63 Å². The topological polar surface area (TPSA) is 67.5 Å². The summed E-state index contributed by atoms with van der Waals surface area (Å²) in [6.07, 6.45) is -1.65. The van der Waals surface area contributed by atoms with E-state index < -0.39 is 28.9 Å². The summed E-state index contributed by atoms with van der Waals surface area (Å²) in [7, 11) is 0. The summed E-state index contributed by atoms with van der Waals surface area (Å²) in [6, 6.07) is 2.91. The van der Waals surface area contributed by atoms with Gasteiger partial charge in [0.1, 0.15) is 5.75 Å². The van der Waals surface area contributed by atoms with E-state index in [0.29, 0.717) is 4.70 Å². The molecule has 3 aromatic rings. The first-order chi connectivity index (χ1) is 11.3. The standard InChI is InChI=1S/C16H9F3O4S/c1-2-3-7-6-24-13-8(7)4-5-9-11(20)10(14(21)16(17,18)19)15(22)23-12(9)13/h2-6,20H,1H3/b3-2-. The number of fused-ring (bicyclic) bond motifs is 3. The lowest BCUT2D eigenvalue weighted by Crippen LogP contribution is -2.28. The molecule has 0 fully saturated rings. The Morgan fingerprint density at radius 2 is 1.96 bits per heavy atom. The first-order valence-electron chi connectivity index (χ1n) is 6.70. The first-order valence-corrected chi connectivity index (χ1v) is 7.58. The summed E-state index contributed by atoms with van der Waals surface area (Å²) >= 11 is 1.22. The Morgan fingerprint density at radius 3 is 2.58 bits per heavy atom. The Morgan fingerprint density at radius 1 is 1.29 bits per heavy atom. The molecular formula is C16H9F3O4S. The number of thiophene rings is 1. The minimum Gasteiger partial charge on any atom is -0.506 e. The van der Waals surface area contributed by atoms with Crippen molar-refractivity contribution in [3.63, 3.8) is 0 Å². The van der Waals surface area contributed by atoms with Crippen molar-refractivity contribution in [3.05, 3.63) is 45.1 Å². The molecular weight excluding hydrogens is 345 g/mol. The lowest BCUT2D eigenvalue weighted by molar-refractivity contribution is -0.0888. The van der Waals surface area contributed by atoms with E-state index in [2.05, 4.69) is 0 Å². The van der Waals surface area contributed by atoms with Crippen molar-refractivity contribution in [2.45, 2.75) is 13.1 Å². The highest BCUT2D eigenvalue weighted by Gasteiger charge is 2.43. The quantitative estimate of drug-likeness (QED) is 0.544. The zero-order valence-electron chi connectivity index (χ0n) is 12.1. The number of hydrogen-bond acceptors (Lipinski definition) is 5. The highest BCUT2D eigenvalue weighted by molar-refractivity contribution is 7.18. The number of alkyl halides is 3. The second-order valence-electron chi connectivity index (χ2n) is 4.95. The van der Waals surface area contributed by atoms with Crippen molar-refractivity contribution in [1.82, 2.24) is 0 Å². The van der Waals surface area contributed by atoms with Crippen molar-refractivity contribution < 1.29 is 27.5 Å². The van der Waals surface area contributed by atoms with E-state index in [-0.39, 0.29) is 11.0 Å². The van der Waals surface area contributed by atoms with E-state index in [9.17, 15) is 27.9 Å². The molecule has 3 rings (SSSR count). The lowest BCUT2D eigenvalue weighted by atomic mass is 10.1. The van der Waals surface area contributed by atoms with Crippen molar-refractivity contribution in [1.29, 1.82) is 0 Å². The van der Waals surface area contributed by atoms with Crippen LogP contribution in [0.5, 0.6) is 5.75 Å². The van der Waals surface area contributed by atoms with Crippen molar-refractivity contribution in [2.75, 3.05) is 0 Å². The molecule has 1 aromatic carbocycles. The van der Waals surface area contributed by atoms with E-state index in [1.165, 1.54) is 17.4 Å². The number of Topliss-reactive ketones (excluding diaryl/α,β-unsaturated/α-hetero) is 1. The molecule has 8 heteroatoms. The van der Waals surface area contributed by atoms with Crippen molar-refractivity contribution in [2.24, 2.45) is 0 Å². The minimum absolute atomic E-state index is 0.0468. The van der Waals surface area contributed by atoms with Crippen LogP contribution in [-0.2, 0) is 0 Å². The van der Waals surface area contributed by atoms with Gasteiger partial charge in [0.15, 0.2) is 11.1 Å². The maximum atomic E-state index is 12.6. The highest BCUT2D eigenvalue weighted by atomic mass is 32.1. The van der Waals surface area contributed by atoms with Crippen LogP contribution in [0.15, 0.2) is 32.8 Å². The smallest absolute Gasteiger partial charge is 0.455 e. The molecule has 2 heterocycles. The number of allylic oxidation sites excluding steroid dienone is 1. The number of carbonyl (C=O) groups excluding carboxylic acids is 1. The summed E-state index contributed by atoms with van der Waals surface area (Å²) in [4.78, 5) is 23.2. The molecule has 0 saturated carbocycles. The van der Waals surface area contributed by atoms with Crippen LogP contribution in [0, 0.1) is 0 Å². The van der Waals surface area contributed by atoms with Crippen LogP contribution in [-0.4, -0.2) is 17.1 Å². The number of rotatable bonds is 2. The largest absolute Gasteiger partial charge is 0.506 e. The van der Waals surface area contributed by atoms with Crippen molar-refractivity contribution in [3.8, 4) is 5.75 Å². The Balaban J connectivity index is 2.38. The third-order valence-electron chi connectivity index (χ3n) is 3.45. The Hall–Kier alpha value is -2.61. The fourth-order valence-electron chi connectivity index (χ4n) is 2.41. The maximum absolute atomic E-state index is 12.6. The molecule has 1 N–H and O–H groups in total. The Bertz CT molecular complexity index is 1060. The molecule has 24 heavy (non-hydrogen) atoms. The Kier molecular flexibility index (Phi) is 3.71. The van der Waals surface area contributed by atoms with Gasteiger partial charge in [-0.05, 0) is 23.9 Å². The second kappa shape index (κ2) is 5.48. The number of ketones is 1. The number of carbonyl (C=O) groups is 1. The average Bonchev–Trinajstić information content (AvgIpc) is 2.90. The first kappa shape index (κ1) is 16.3. The predicted molar refractivity (Wildman–Crippen MR) is 84.6 cm³/mol. The molecule has 0 aliphatic carbocycles. The summed E-state index contributed by atoms with van der Waals surface area (Å²) < 4.78 is 43.2. The fourth-order valence-corrected chi connectivity index (χ4v) is 3.43. The summed E-state index contributed by atoms with van der Waals surface area (Å²) in [5, 5.41) is 12.4. The molecule has 0 amide bonds. The maximum Gasteiger partial charge on any atom is 0.455 e. The number of aromatic hydroxyl groups is 1. The highest BCUT2D eigenvalue weighted by Crippen LogP contribution is 2.38. The van der Waals surface area contributed by atoms with Gasteiger partial charge in [-0.25, -0.2) is 4.79 Å². The van der Waals surface area contributed by atoms with Crippen molar-refractivity contribution >= 4 is 44.3 Å². The van der Waals surface area contributed by atoms with Crippen LogP contribution in [0.2, 0.25) is 0 Å². The molecule has 0 bridgehead atoms. The molecule has 4 nitrogen and oxygen atoms in total. The predicted octanol–water partition coefficient (Wildman–Crippen LogP) is 4.49. The summed E-state index contributed by atoms with van der Waals surface area (Å²) in [6.45, 7) is 1.82. The van der Waals surface area contributed by atoms with E-state index in [1.807, 2.05) is 19.1 Å².